The SMILES string of the molecule is CCCCOc1cccc(-c2nn(-c3ccccc3)cc2/C=C2/C(=O)N(C3CCCC3)C(=O)C(C#N)=C2C)c1. The molecule has 0 radical (unpaired) electrons. The van der Waals surface area contributed by atoms with E-state index in [-0.39, 0.29) is 17.5 Å². The van der Waals surface area contributed by atoms with Crippen molar-refractivity contribution in [1.82, 2.24) is 14.7 Å². The summed E-state index contributed by atoms with van der Waals surface area (Å²) >= 11 is 0. The van der Waals surface area contributed by atoms with Crippen molar-refractivity contribution in [2.75, 3.05) is 6.61 Å². The van der Waals surface area contributed by atoms with Gasteiger partial charge in [0.1, 0.15) is 23.1 Å². The molecule has 5 rings (SSSR count). The lowest BCUT2D eigenvalue weighted by Gasteiger charge is -2.32. The largest absolute Gasteiger partial charge is 0.494 e. The Balaban J connectivity index is 1.63. The Hall–Kier alpha value is -4.44. The number of carbonyl (C=O) groups excluding carboxylic acids is 2. The van der Waals surface area contributed by atoms with Crippen LogP contribution >= 0.6 is 0 Å². The molecule has 2 aromatic carbocycles. The van der Waals surface area contributed by atoms with Crippen molar-refractivity contribution >= 4 is 17.9 Å². The van der Waals surface area contributed by atoms with E-state index in [9.17, 15) is 14.9 Å². The van der Waals surface area contributed by atoms with Crippen molar-refractivity contribution in [3.63, 3.8) is 0 Å². The molecule has 2 aliphatic rings. The van der Waals surface area contributed by atoms with Crippen LogP contribution in [0.2, 0.25) is 0 Å². The van der Waals surface area contributed by atoms with E-state index >= 15 is 0 Å². The van der Waals surface area contributed by atoms with E-state index < -0.39 is 5.91 Å². The van der Waals surface area contributed by atoms with E-state index in [0.717, 1.165) is 55.5 Å². The summed E-state index contributed by atoms with van der Waals surface area (Å²) in [4.78, 5) is 28.2. The Kier molecular flexibility index (Phi) is 7.74. The molecule has 0 unspecified atom stereocenters. The Labute approximate surface area is 229 Å². The number of hydrogen-bond donors (Lipinski definition) is 0. The molecule has 1 aromatic heterocycles. The minimum absolute atomic E-state index is 0.0241. The van der Waals surface area contributed by atoms with Gasteiger partial charge in [-0.2, -0.15) is 10.4 Å². The maximum atomic E-state index is 13.8. The Bertz CT molecular complexity index is 1490. The molecule has 0 atom stereocenters. The summed E-state index contributed by atoms with van der Waals surface area (Å²) in [5.41, 5.74) is 3.89. The molecule has 7 heteroatoms. The van der Waals surface area contributed by atoms with Crippen LogP contribution in [0.5, 0.6) is 5.75 Å². The number of aromatic nitrogens is 2. The number of hydrogen-bond acceptors (Lipinski definition) is 5. The highest BCUT2D eigenvalue weighted by molar-refractivity contribution is 6.20. The lowest BCUT2D eigenvalue weighted by Crippen LogP contribution is -2.47. The number of amides is 2. The van der Waals surface area contributed by atoms with Gasteiger partial charge in [0.15, 0.2) is 0 Å². The molecule has 1 aliphatic heterocycles. The van der Waals surface area contributed by atoms with Gasteiger partial charge in [-0.1, -0.05) is 56.5 Å². The second-order valence-electron chi connectivity index (χ2n) is 10.0. The first kappa shape index (κ1) is 26.2. The molecule has 7 nitrogen and oxygen atoms in total. The van der Waals surface area contributed by atoms with Crippen molar-refractivity contribution in [3.8, 4) is 28.8 Å². The molecule has 3 aromatic rings. The van der Waals surface area contributed by atoms with E-state index in [1.165, 1.54) is 4.90 Å². The third kappa shape index (κ3) is 5.28. The van der Waals surface area contributed by atoms with Gasteiger partial charge < -0.3 is 4.74 Å². The molecule has 0 bridgehead atoms. The number of nitriles is 1. The van der Waals surface area contributed by atoms with Gasteiger partial charge in [0.25, 0.3) is 11.8 Å². The van der Waals surface area contributed by atoms with Crippen molar-refractivity contribution < 1.29 is 14.3 Å². The van der Waals surface area contributed by atoms with Crippen LogP contribution in [0.4, 0.5) is 0 Å². The quantitative estimate of drug-likeness (QED) is 0.199. The lowest BCUT2D eigenvalue weighted by atomic mass is 9.92. The van der Waals surface area contributed by atoms with Crippen LogP contribution in [0, 0.1) is 11.3 Å². The fourth-order valence-corrected chi connectivity index (χ4v) is 5.25. The Morgan fingerprint density at radius 3 is 2.56 bits per heavy atom. The first-order valence-corrected chi connectivity index (χ1v) is 13.6. The number of ether oxygens (including phenoxy) is 1. The summed E-state index contributed by atoms with van der Waals surface area (Å²) in [5, 5.41) is 14.7. The van der Waals surface area contributed by atoms with Crippen LogP contribution in [0.3, 0.4) is 0 Å². The third-order valence-electron chi connectivity index (χ3n) is 7.40. The van der Waals surface area contributed by atoms with Crippen molar-refractivity contribution in [3.05, 3.63) is 83.1 Å². The van der Waals surface area contributed by atoms with E-state index in [1.807, 2.05) is 60.8 Å². The second-order valence-corrected chi connectivity index (χ2v) is 10.0. The minimum Gasteiger partial charge on any atom is -0.494 e. The van der Waals surface area contributed by atoms with Crippen LogP contribution in [0.1, 0.15) is 57.9 Å². The summed E-state index contributed by atoms with van der Waals surface area (Å²) in [6, 6.07) is 19.4. The number of rotatable bonds is 8. The predicted molar refractivity (Wildman–Crippen MR) is 150 cm³/mol. The average molecular weight is 521 g/mol. The Morgan fingerprint density at radius 2 is 1.85 bits per heavy atom. The molecular weight excluding hydrogens is 488 g/mol. The average Bonchev–Trinajstić information content (AvgIpc) is 3.63. The highest BCUT2D eigenvalue weighted by atomic mass is 16.5. The van der Waals surface area contributed by atoms with E-state index in [0.29, 0.717) is 29.0 Å². The van der Waals surface area contributed by atoms with Crippen LogP contribution in [0.25, 0.3) is 23.0 Å². The van der Waals surface area contributed by atoms with Crippen molar-refractivity contribution in [2.24, 2.45) is 0 Å². The second kappa shape index (κ2) is 11.5. The summed E-state index contributed by atoms with van der Waals surface area (Å²) in [5.74, 6) is -0.0805. The predicted octanol–water partition coefficient (Wildman–Crippen LogP) is 6.25. The molecule has 0 saturated heterocycles. The highest BCUT2D eigenvalue weighted by Crippen LogP contribution is 2.35. The molecule has 2 amide bonds. The maximum Gasteiger partial charge on any atom is 0.271 e. The van der Waals surface area contributed by atoms with E-state index in [2.05, 4.69) is 13.0 Å². The highest BCUT2D eigenvalue weighted by Gasteiger charge is 2.40. The van der Waals surface area contributed by atoms with Crippen LogP contribution in [0.15, 0.2) is 77.5 Å². The number of para-hydroxylation sites is 1. The van der Waals surface area contributed by atoms with Gasteiger partial charge in [0.2, 0.25) is 0 Å². The third-order valence-corrected chi connectivity index (χ3v) is 7.40. The molecule has 1 saturated carbocycles. The minimum atomic E-state index is -0.485. The first-order valence-electron chi connectivity index (χ1n) is 13.6. The van der Waals surface area contributed by atoms with Crippen LogP contribution in [-0.4, -0.2) is 39.1 Å². The maximum absolute atomic E-state index is 13.8. The zero-order valence-electron chi connectivity index (χ0n) is 22.4. The van der Waals surface area contributed by atoms with E-state index in [1.54, 1.807) is 17.7 Å². The van der Waals surface area contributed by atoms with Gasteiger partial charge in [-0.15, -0.1) is 0 Å². The van der Waals surface area contributed by atoms with Gasteiger partial charge in [0.05, 0.1) is 12.3 Å². The summed E-state index contributed by atoms with van der Waals surface area (Å²) < 4.78 is 7.73. The zero-order valence-corrected chi connectivity index (χ0v) is 22.4. The molecule has 0 N–H and O–H groups in total. The zero-order chi connectivity index (χ0) is 27.4. The molecule has 0 spiro atoms. The molecule has 39 heavy (non-hydrogen) atoms. The summed E-state index contributed by atoms with van der Waals surface area (Å²) in [6.07, 6.45) is 9.14. The first-order chi connectivity index (χ1) is 19.0. The monoisotopic (exact) mass is 520 g/mol. The number of carbonyl (C=O) groups is 2. The van der Waals surface area contributed by atoms with Crippen LogP contribution < -0.4 is 4.74 Å². The summed E-state index contributed by atoms with van der Waals surface area (Å²) in [6.45, 7) is 4.43. The van der Waals surface area contributed by atoms with Gasteiger partial charge in [0, 0.05) is 28.9 Å². The Morgan fingerprint density at radius 1 is 1.08 bits per heavy atom. The topological polar surface area (TPSA) is 88.2 Å². The van der Waals surface area contributed by atoms with Gasteiger partial charge in [-0.25, -0.2) is 4.68 Å². The van der Waals surface area contributed by atoms with Crippen molar-refractivity contribution in [2.45, 2.75) is 58.4 Å². The smallest absolute Gasteiger partial charge is 0.271 e. The molecule has 198 valence electrons. The fourth-order valence-electron chi connectivity index (χ4n) is 5.25. The van der Waals surface area contributed by atoms with Crippen LogP contribution in [-0.2, 0) is 9.59 Å². The molecule has 1 fully saturated rings. The number of benzene rings is 2. The van der Waals surface area contributed by atoms with Gasteiger partial charge in [-0.3, -0.25) is 14.5 Å². The number of nitrogens with zero attached hydrogens (tertiary/aromatic N) is 4. The van der Waals surface area contributed by atoms with E-state index in [4.69, 9.17) is 9.84 Å². The standard InChI is InChI=1S/C32H32N4O3/c1-3-4-17-39-27-16-10-11-23(18-27)30-24(21-35(34-30)25-12-6-5-7-13-25)19-28-22(2)29(20-33)32(38)36(31(28)37)26-14-8-9-15-26/h5-7,10-13,16,18-19,21,26H,3-4,8-9,14-15,17H2,1-2H3/b28-19+. The molecule has 2 heterocycles. The summed E-state index contributed by atoms with van der Waals surface area (Å²) in [7, 11) is 0. The van der Waals surface area contributed by atoms with Gasteiger partial charge >= 0.3 is 0 Å². The molecular formula is C32H32N4O3. The van der Waals surface area contributed by atoms with Gasteiger partial charge in [-0.05, 0) is 62.1 Å². The normalized spacial score (nSPS) is 17.3. The number of imide groups is 1. The number of unbranched alkanes of at least 4 members (excludes halogenated alkanes) is 1. The molecule has 1 aliphatic carbocycles. The lowest BCUT2D eigenvalue weighted by molar-refractivity contribution is -0.143. The fraction of sp³-hybridized carbons (Fsp3) is 0.312. The van der Waals surface area contributed by atoms with Crippen molar-refractivity contribution in [1.29, 1.82) is 5.26 Å².